The smallest absolute Gasteiger partial charge is 0.0760 e. The molecule has 0 aliphatic heterocycles. The van der Waals surface area contributed by atoms with Gasteiger partial charge >= 0.3 is 0 Å². The van der Waals surface area contributed by atoms with Crippen molar-refractivity contribution in [2.75, 3.05) is 25.0 Å². The number of rotatable bonds is 8. The molecule has 0 aliphatic carbocycles. The van der Waals surface area contributed by atoms with Gasteiger partial charge in [0, 0.05) is 21.8 Å². The lowest BCUT2D eigenvalue weighted by Gasteiger charge is -2.22. The highest BCUT2D eigenvalue weighted by Crippen LogP contribution is 2.37. The quantitative estimate of drug-likeness (QED) is 0.428. The third-order valence-electron chi connectivity index (χ3n) is 5.10. The minimum Gasteiger partial charge on any atom is -0.381 e. The monoisotopic (exact) mass is 403 g/mol. The molecule has 1 atom stereocenters. The van der Waals surface area contributed by atoms with E-state index in [0.29, 0.717) is 16.1 Å². The molecule has 0 amide bonds. The van der Waals surface area contributed by atoms with Gasteiger partial charge in [-0.1, -0.05) is 55.2 Å². The molecule has 3 nitrogen and oxygen atoms in total. The van der Waals surface area contributed by atoms with Crippen molar-refractivity contribution in [1.29, 1.82) is 0 Å². The second-order valence-corrected chi connectivity index (χ2v) is 7.84. The molecule has 0 aliphatic rings. The van der Waals surface area contributed by atoms with Gasteiger partial charge in [0.2, 0.25) is 0 Å². The maximum absolute atomic E-state index is 6.56. The Morgan fingerprint density at radius 2 is 1.81 bits per heavy atom. The first-order chi connectivity index (χ1) is 13.0. The van der Waals surface area contributed by atoms with Crippen molar-refractivity contribution < 1.29 is 0 Å². The second-order valence-electron chi connectivity index (χ2n) is 7.00. The van der Waals surface area contributed by atoms with Gasteiger partial charge in [0.05, 0.1) is 21.7 Å². The molecular weight excluding hydrogens is 377 g/mol. The number of fused-ring (bicyclic) bond motifs is 2. The first-order valence-electron chi connectivity index (χ1n) is 9.69. The number of aromatic nitrogens is 1. The van der Waals surface area contributed by atoms with Gasteiger partial charge in [-0.3, -0.25) is 0 Å². The van der Waals surface area contributed by atoms with Crippen LogP contribution >= 0.6 is 23.2 Å². The van der Waals surface area contributed by atoms with Crippen molar-refractivity contribution in [1.82, 2.24) is 9.88 Å². The van der Waals surface area contributed by atoms with Crippen LogP contribution in [0.3, 0.4) is 0 Å². The van der Waals surface area contributed by atoms with E-state index in [9.17, 15) is 0 Å². The van der Waals surface area contributed by atoms with Gasteiger partial charge in [-0.25, -0.2) is 4.98 Å². The molecule has 144 valence electrons. The third kappa shape index (κ3) is 4.66. The summed E-state index contributed by atoms with van der Waals surface area (Å²) in [6.45, 7) is 10.0. The van der Waals surface area contributed by atoms with Crippen LogP contribution in [0.25, 0.3) is 21.8 Å². The topological polar surface area (TPSA) is 28.2 Å². The zero-order valence-corrected chi connectivity index (χ0v) is 17.7. The summed E-state index contributed by atoms with van der Waals surface area (Å²) in [5.41, 5.74) is 2.82. The lowest BCUT2D eigenvalue weighted by Crippen LogP contribution is -2.25. The number of nitrogens with one attached hydrogen (secondary N) is 1. The second kappa shape index (κ2) is 9.09. The lowest BCUT2D eigenvalue weighted by molar-refractivity contribution is 0.295. The zero-order valence-electron chi connectivity index (χ0n) is 16.2. The molecule has 0 fully saturated rings. The van der Waals surface area contributed by atoms with Gasteiger partial charge < -0.3 is 10.2 Å². The van der Waals surface area contributed by atoms with E-state index < -0.39 is 0 Å². The highest BCUT2D eigenvalue weighted by Gasteiger charge is 2.15. The summed E-state index contributed by atoms with van der Waals surface area (Å²) >= 11 is 12.8. The predicted molar refractivity (Wildman–Crippen MR) is 119 cm³/mol. The fourth-order valence-electron chi connectivity index (χ4n) is 3.57. The van der Waals surface area contributed by atoms with Crippen LogP contribution in [0, 0.1) is 0 Å². The van der Waals surface area contributed by atoms with Crippen molar-refractivity contribution in [2.45, 2.75) is 39.7 Å². The van der Waals surface area contributed by atoms with E-state index in [0.717, 1.165) is 60.0 Å². The highest BCUT2D eigenvalue weighted by molar-refractivity contribution is 6.40. The van der Waals surface area contributed by atoms with E-state index in [4.69, 9.17) is 28.2 Å². The van der Waals surface area contributed by atoms with Crippen LogP contribution in [0.4, 0.5) is 5.69 Å². The van der Waals surface area contributed by atoms with Crippen LogP contribution < -0.4 is 5.32 Å². The summed E-state index contributed by atoms with van der Waals surface area (Å²) in [6.07, 6.45) is 2.26. The van der Waals surface area contributed by atoms with Crippen LogP contribution in [0.15, 0.2) is 36.4 Å². The molecule has 0 spiro atoms. The fraction of sp³-hybridized carbons (Fsp3) is 0.409. The molecule has 1 N–H and O–H groups in total. The van der Waals surface area contributed by atoms with Gasteiger partial charge in [0.1, 0.15) is 0 Å². The van der Waals surface area contributed by atoms with Gasteiger partial charge in [0.15, 0.2) is 0 Å². The number of halogens is 2. The van der Waals surface area contributed by atoms with Crippen LogP contribution in [-0.2, 0) is 0 Å². The van der Waals surface area contributed by atoms with Crippen molar-refractivity contribution >= 4 is 50.7 Å². The molecule has 3 rings (SSSR count). The average molecular weight is 404 g/mol. The van der Waals surface area contributed by atoms with Crippen LogP contribution in [-0.4, -0.2) is 35.6 Å². The average Bonchev–Trinajstić information content (AvgIpc) is 2.64. The molecule has 1 heterocycles. The first-order valence-corrected chi connectivity index (χ1v) is 10.5. The van der Waals surface area contributed by atoms with Crippen LogP contribution in [0.5, 0.6) is 0 Å². The minimum atomic E-state index is 0.335. The van der Waals surface area contributed by atoms with Crippen LogP contribution in [0.1, 0.15) is 33.6 Å². The molecule has 2 aromatic carbocycles. The Kier molecular flexibility index (Phi) is 6.80. The summed E-state index contributed by atoms with van der Waals surface area (Å²) in [4.78, 5) is 7.22. The maximum Gasteiger partial charge on any atom is 0.0760 e. The Hall–Kier alpha value is -1.55. The normalized spacial score (nSPS) is 12.8. The molecular formula is C22H27Cl2N3. The molecule has 0 unspecified atom stereocenters. The SMILES string of the molecule is CCN(CC)CCC[C@H](C)Nc1c2ccccc2nc2cc(Cl)cc(Cl)c12. The molecule has 0 bridgehead atoms. The van der Waals surface area contributed by atoms with E-state index in [1.54, 1.807) is 6.07 Å². The zero-order chi connectivity index (χ0) is 19.4. The van der Waals surface area contributed by atoms with Gasteiger partial charge in [-0.15, -0.1) is 0 Å². The Labute approximate surface area is 171 Å². The number of hydrogen-bond donors (Lipinski definition) is 1. The molecule has 0 saturated heterocycles. The Morgan fingerprint density at radius 3 is 2.56 bits per heavy atom. The van der Waals surface area contributed by atoms with E-state index in [-0.39, 0.29) is 0 Å². The Balaban J connectivity index is 1.91. The minimum absolute atomic E-state index is 0.335. The van der Waals surface area contributed by atoms with Crippen LogP contribution in [0.2, 0.25) is 10.0 Å². The number of pyridine rings is 1. The summed E-state index contributed by atoms with van der Waals surface area (Å²) in [5, 5.41) is 6.98. The van der Waals surface area contributed by atoms with E-state index >= 15 is 0 Å². The van der Waals surface area contributed by atoms with Gasteiger partial charge in [0.25, 0.3) is 0 Å². The largest absolute Gasteiger partial charge is 0.381 e. The lowest BCUT2D eigenvalue weighted by atomic mass is 10.1. The molecule has 1 aromatic heterocycles. The van der Waals surface area contributed by atoms with Gasteiger partial charge in [-0.05, 0) is 57.6 Å². The summed E-state index contributed by atoms with van der Waals surface area (Å²) in [7, 11) is 0. The number of benzene rings is 2. The first kappa shape index (κ1) is 20.2. The number of nitrogens with zero attached hydrogens (tertiary/aromatic N) is 2. The van der Waals surface area contributed by atoms with E-state index in [2.05, 4.69) is 37.1 Å². The molecule has 3 aromatic rings. The standard InChI is InChI=1S/C22H27Cl2N3/c1-4-27(5-2)12-8-9-15(3)25-22-17-10-6-7-11-19(17)26-20-14-16(23)13-18(24)21(20)22/h6-7,10-11,13-15H,4-5,8-9,12H2,1-3H3,(H,25,26)/t15-/m0/s1. The van der Waals surface area contributed by atoms with E-state index in [1.165, 1.54) is 0 Å². The van der Waals surface area contributed by atoms with Crippen molar-refractivity contribution in [3.63, 3.8) is 0 Å². The summed E-state index contributed by atoms with van der Waals surface area (Å²) in [5.74, 6) is 0. The molecule has 0 saturated carbocycles. The Morgan fingerprint density at radius 1 is 1.07 bits per heavy atom. The van der Waals surface area contributed by atoms with Crippen molar-refractivity contribution in [2.24, 2.45) is 0 Å². The molecule has 5 heteroatoms. The number of para-hydroxylation sites is 1. The van der Waals surface area contributed by atoms with E-state index in [1.807, 2.05) is 24.3 Å². The van der Waals surface area contributed by atoms with Crippen molar-refractivity contribution in [3.8, 4) is 0 Å². The van der Waals surface area contributed by atoms with Gasteiger partial charge in [-0.2, -0.15) is 0 Å². The Bertz CT molecular complexity index is 922. The number of hydrogen-bond acceptors (Lipinski definition) is 3. The fourth-order valence-corrected chi connectivity index (χ4v) is 4.15. The molecule has 27 heavy (non-hydrogen) atoms. The third-order valence-corrected chi connectivity index (χ3v) is 5.61. The summed E-state index contributed by atoms with van der Waals surface area (Å²) in [6, 6.07) is 12.2. The highest BCUT2D eigenvalue weighted by atomic mass is 35.5. The summed E-state index contributed by atoms with van der Waals surface area (Å²) < 4.78 is 0. The number of anilines is 1. The predicted octanol–water partition coefficient (Wildman–Crippen LogP) is 6.62. The van der Waals surface area contributed by atoms with Crippen molar-refractivity contribution in [3.05, 3.63) is 46.4 Å². The maximum atomic E-state index is 6.56. The molecule has 0 radical (unpaired) electrons.